The molecule has 0 aromatic heterocycles. The van der Waals surface area contributed by atoms with Gasteiger partial charge in [-0.2, -0.15) is 0 Å². The fourth-order valence-corrected chi connectivity index (χ4v) is 0.748. The van der Waals surface area contributed by atoms with Crippen molar-refractivity contribution in [3.63, 3.8) is 0 Å². The van der Waals surface area contributed by atoms with Crippen molar-refractivity contribution < 1.29 is 4.74 Å². The Bertz CT molecular complexity index is 57.1. The number of hydrogen-bond donors (Lipinski definition) is 1. The maximum atomic E-state index is 5.55. The summed E-state index contributed by atoms with van der Waals surface area (Å²) in [5, 5.41) is 0. The maximum absolute atomic E-state index is 5.55. The van der Waals surface area contributed by atoms with Crippen LogP contribution in [0.1, 0.15) is 13.3 Å². The largest absolute Gasteiger partial charge is 0.377 e. The first-order chi connectivity index (χ1) is 3.30. The second-order valence-corrected chi connectivity index (χ2v) is 2.03. The lowest BCUT2D eigenvalue weighted by Crippen LogP contribution is -2.26. The minimum Gasteiger partial charge on any atom is -0.377 e. The fraction of sp³-hybridized carbons (Fsp3) is 1.00. The summed E-state index contributed by atoms with van der Waals surface area (Å²) in [6.07, 6.45) is 1.32. The average Bonchev–Trinajstić information content (AvgIpc) is 1.91. The second kappa shape index (κ2) is 1.80. The van der Waals surface area contributed by atoms with E-state index in [-0.39, 0.29) is 0 Å². The molecular weight excluding hydrogens is 90.1 g/mol. The molecule has 0 amide bonds. The Morgan fingerprint density at radius 3 is 2.57 bits per heavy atom. The van der Waals surface area contributed by atoms with Crippen molar-refractivity contribution in [2.24, 2.45) is 5.73 Å². The van der Waals surface area contributed by atoms with E-state index in [1.54, 1.807) is 0 Å². The topological polar surface area (TPSA) is 35.2 Å². The van der Waals surface area contributed by atoms with Crippen LogP contribution < -0.4 is 5.73 Å². The molecule has 1 aliphatic heterocycles. The summed E-state index contributed by atoms with van der Waals surface area (Å²) in [7, 11) is 0. The first-order valence-electron chi connectivity index (χ1n) is 2.68. The van der Waals surface area contributed by atoms with Crippen LogP contribution in [0.5, 0.6) is 0 Å². The number of ether oxygens (including phenoxy) is 1. The lowest BCUT2D eigenvalue weighted by Gasteiger charge is -2.04. The lowest BCUT2D eigenvalue weighted by atomic mass is 10.2. The molecule has 0 radical (unpaired) electrons. The zero-order chi connectivity index (χ0) is 5.28. The summed E-state index contributed by atoms with van der Waals surface area (Å²) in [4.78, 5) is 0. The Morgan fingerprint density at radius 2 is 2.43 bits per heavy atom. The van der Waals surface area contributed by atoms with E-state index in [1.165, 1.54) is 0 Å². The molecule has 0 saturated carbocycles. The molecule has 0 bridgehead atoms. The van der Waals surface area contributed by atoms with E-state index in [4.69, 9.17) is 10.5 Å². The van der Waals surface area contributed by atoms with Gasteiger partial charge in [0.25, 0.3) is 0 Å². The van der Waals surface area contributed by atoms with Crippen LogP contribution in [-0.2, 0) is 4.74 Å². The highest BCUT2D eigenvalue weighted by Gasteiger charge is 2.18. The second-order valence-electron chi connectivity index (χ2n) is 2.03. The summed E-state index contributed by atoms with van der Waals surface area (Å²) >= 11 is 0. The van der Waals surface area contributed by atoms with Crippen molar-refractivity contribution in [1.82, 2.24) is 0 Å². The van der Waals surface area contributed by atoms with Crippen LogP contribution in [0, 0.1) is 0 Å². The number of rotatable bonds is 0. The minimum atomic E-state index is 0.292. The van der Waals surface area contributed by atoms with Gasteiger partial charge in [0, 0.05) is 12.6 Å². The van der Waals surface area contributed by atoms with Crippen molar-refractivity contribution >= 4 is 0 Å². The minimum absolute atomic E-state index is 0.292. The van der Waals surface area contributed by atoms with Gasteiger partial charge in [0.2, 0.25) is 0 Å². The van der Waals surface area contributed by atoms with E-state index >= 15 is 0 Å². The Balaban J connectivity index is 2.33. The predicted molar refractivity (Wildman–Crippen MR) is 28.0 cm³/mol. The van der Waals surface area contributed by atoms with Gasteiger partial charge in [-0.15, -0.1) is 0 Å². The third-order valence-corrected chi connectivity index (χ3v) is 1.43. The normalized spacial score (nSPS) is 42.0. The molecule has 0 aromatic rings. The molecular formula is C5H11NO. The van der Waals surface area contributed by atoms with Gasteiger partial charge in [-0.1, -0.05) is 0 Å². The highest BCUT2D eigenvalue weighted by atomic mass is 16.5. The van der Waals surface area contributed by atoms with Gasteiger partial charge in [-0.3, -0.25) is 0 Å². The van der Waals surface area contributed by atoms with Crippen molar-refractivity contribution in [2.75, 3.05) is 6.61 Å². The van der Waals surface area contributed by atoms with E-state index in [0.717, 1.165) is 13.0 Å². The van der Waals surface area contributed by atoms with Crippen LogP contribution in [0.25, 0.3) is 0 Å². The van der Waals surface area contributed by atoms with Gasteiger partial charge < -0.3 is 10.5 Å². The van der Waals surface area contributed by atoms with Gasteiger partial charge in [0.05, 0.1) is 6.10 Å². The first kappa shape index (κ1) is 5.06. The molecule has 1 rings (SSSR count). The van der Waals surface area contributed by atoms with Crippen molar-refractivity contribution in [2.45, 2.75) is 25.5 Å². The molecule has 0 aliphatic carbocycles. The first-order valence-corrected chi connectivity index (χ1v) is 2.68. The molecule has 2 atom stereocenters. The van der Waals surface area contributed by atoms with Crippen LogP contribution in [-0.4, -0.2) is 18.8 Å². The molecule has 2 heteroatoms. The monoisotopic (exact) mass is 101 g/mol. The third-order valence-electron chi connectivity index (χ3n) is 1.43. The van der Waals surface area contributed by atoms with Crippen LogP contribution in [0.15, 0.2) is 0 Å². The third kappa shape index (κ3) is 0.924. The van der Waals surface area contributed by atoms with Gasteiger partial charge in [0.1, 0.15) is 0 Å². The number of nitrogens with two attached hydrogens (primary N) is 1. The summed E-state index contributed by atoms with van der Waals surface area (Å²) in [6, 6.07) is 0.292. The highest BCUT2D eigenvalue weighted by molar-refractivity contribution is 4.74. The Labute approximate surface area is 43.6 Å². The van der Waals surface area contributed by atoms with E-state index in [0.29, 0.717) is 12.1 Å². The summed E-state index contributed by atoms with van der Waals surface area (Å²) in [6.45, 7) is 2.86. The predicted octanol–water partition coefficient (Wildman–Crippen LogP) is 0.123. The molecule has 0 aromatic carbocycles. The van der Waals surface area contributed by atoms with Crippen molar-refractivity contribution in [1.29, 1.82) is 0 Å². The Kier molecular flexibility index (Phi) is 1.30. The van der Waals surface area contributed by atoms with Gasteiger partial charge in [-0.25, -0.2) is 0 Å². The fourth-order valence-electron chi connectivity index (χ4n) is 0.748. The van der Waals surface area contributed by atoms with Gasteiger partial charge in [-0.05, 0) is 13.3 Å². The van der Waals surface area contributed by atoms with Crippen LogP contribution >= 0.6 is 0 Å². The molecule has 2 nitrogen and oxygen atoms in total. The number of hydrogen-bond acceptors (Lipinski definition) is 2. The van der Waals surface area contributed by atoms with E-state index < -0.39 is 0 Å². The van der Waals surface area contributed by atoms with Crippen LogP contribution in [0.3, 0.4) is 0 Å². The lowest BCUT2D eigenvalue weighted by molar-refractivity contribution is 0.119. The zero-order valence-corrected chi connectivity index (χ0v) is 4.55. The van der Waals surface area contributed by atoms with Crippen molar-refractivity contribution in [3.8, 4) is 0 Å². The molecule has 1 saturated heterocycles. The zero-order valence-electron chi connectivity index (χ0n) is 4.55. The Hall–Kier alpha value is -0.0800. The van der Waals surface area contributed by atoms with Crippen molar-refractivity contribution in [3.05, 3.63) is 0 Å². The molecule has 1 heterocycles. The maximum Gasteiger partial charge on any atom is 0.0698 e. The van der Waals surface area contributed by atoms with E-state index in [2.05, 4.69) is 0 Å². The summed E-state index contributed by atoms with van der Waals surface area (Å²) in [5.41, 5.74) is 5.55. The van der Waals surface area contributed by atoms with Crippen LogP contribution in [0.4, 0.5) is 0 Å². The SMILES string of the molecule is C[C@@H]1OCC[C@@H]1N. The molecule has 42 valence electrons. The standard InChI is InChI=1S/C5H11NO/c1-4-5(6)2-3-7-4/h4-5H,2-3,6H2,1H3/t4-,5-/m0/s1. The molecule has 7 heavy (non-hydrogen) atoms. The Morgan fingerprint density at radius 1 is 1.71 bits per heavy atom. The average molecular weight is 101 g/mol. The molecule has 0 spiro atoms. The van der Waals surface area contributed by atoms with E-state index in [1.807, 2.05) is 6.92 Å². The van der Waals surface area contributed by atoms with E-state index in [9.17, 15) is 0 Å². The summed E-state index contributed by atoms with van der Waals surface area (Å²) < 4.78 is 5.14. The quantitative estimate of drug-likeness (QED) is 0.470. The molecule has 1 aliphatic rings. The highest BCUT2D eigenvalue weighted by Crippen LogP contribution is 2.08. The van der Waals surface area contributed by atoms with Gasteiger partial charge >= 0.3 is 0 Å². The molecule has 2 N–H and O–H groups in total. The summed E-state index contributed by atoms with van der Waals surface area (Å²) in [5.74, 6) is 0. The molecule has 1 fully saturated rings. The van der Waals surface area contributed by atoms with Crippen LogP contribution in [0.2, 0.25) is 0 Å². The molecule has 0 unspecified atom stereocenters. The smallest absolute Gasteiger partial charge is 0.0698 e. The van der Waals surface area contributed by atoms with Gasteiger partial charge in [0.15, 0.2) is 0 Å².